The number of carbonyl (C=O) groups excluding carboxylic acids is 1. The van der Waals surface area contributed by atoms with E-state index in [2.05, 4.69) is 14.8 Å². The van der Waals surface area contributed by atoms with Crippen LogP contribution in [0.1, 0.15) is 30.0 Å². The van der Waals surface area contributed by atoms with E-state index in [9.17, 15) is 9.18 Å². The lowest BCUT2D eigenvalue weighted by atomic mass is 10.2. The van der Waals surface area contributed by atoms with Crippen LogP contribution in [-0.4, -0.2) is 27.8 Å². The molecule has 1 aromatic heterocycles. The first-order valence-corrected chi connectivity index (χ1v) is 5.91. The van der Waals surface area contributed by atoms with Crippen LogP contribution in [0.3, 0.4) is 0 Å². The standard InChI is InChI=1S/C11H10FN3O2.C2H6/c1-17-11(16)10-13-7-15(14-10)6-8-3-2-4-9(12)5-8;1-2/h2-5,7H,6H2,1H3;1-2H3. The summed E-state index contributed by atoms with van der Waals surface area (Å²) in [5.41, 5.74) is 0.742. The van der Waals surface area contributed by atoms with E-state index in [0.29, 0.717) is 6.54 Å². The molecule has 0 unspecified atom stereocenters. The van der Waals surface area contributed by atoms with Crippen LogP contribution in [0.5, 0.6) is 0 Å². The van der Waals surface area contributed by atoms with E-state index in [1.807, 2.05) is 13.8 Å². The second-order valence-corrected chi connectivity index (χ2v) is 3.39. The molecule has 1 aromatic carbocycles. The lowest BCUT2D eigenvalue weighted by Crippen LogP contribution is -2.06. The third-order valence-corrected chi connectivity index (χ3v) is 2.14. The molecular weight excluding hydrogens is 249 g/mol. The second kappa shape index (κ2) is 7.25. The Balaban J connectivity index is 0.000000861. The first kappa shape index (κ1) is 14.8. The molecule has 0 saturated heterocycles. The third-order valence-electron chi connectivity index (χ3n) is 2.14. The summed E-state index contributed by atoms with van der Waals surface area (Å²) in [4.78, 5) is 14.9. The number of rotatable bonds is 3. The molecule has 0 radical (unpaired) electrons. The summed E-state index contributed by atoms with van der Waals surface area (Å²) in [6, 6.07) is 6.15. The number of benzene rings is 1. The average Bonchev–Trinajstić information content (AvgIpc) is 2.89. The molecule has 6 heteroatoms. The van der Waals surface area contributed by atoms with Crippen molar-refractivity contribution in [1.29, 1.82) is 0 Å². The van der Waals surface area contributed by atoms with E-state index in [0.717, 1.165) is 5.56 Å². The molecule has 0 amide bonds. The Morgan fingerprint density at radius 3 is 2.79 bits per heavy atom. The fraction of sp³-hybridized carbons (Fsp3) is 0.308. The highest BCUT2D eigenvalue weighted by molar-refractivity contribution is 5.84. The van der Waals surface area contributed by atoms with Gasteiger partial charge in [-0.2, -0.15) is 0 Å². The van der Waals surface area contributed by atoms with Crippen molar-refractivity contribution < 1.29 is 13.9 Å². The van der Waals surface area contributed by atoms with Crippen molar-refractivity contribution in [3.05, 3.63) is 47.8 Å². The zero-order chi connectivity index (χ0) is 14.3. The van der Waals surface area contributed by atoms with Gasteiger partial charge in [0, 0.05) is 0 Å². The maximum atomic E-state index is 12.9. The van der Waals surface area contributed by atoms with Gasteiger partial charge in [-0.25, -0.2) is 18.9 Å². The number of carbonyl (C=O) groups is 1. The summed E-state index contributed by atoms with van der Waals surface area (Å²) >= 11 is 0. The van der Waals surface area contributed by atoms with Gasteiger partial charge in [-0.1, -0.05) is 26.0 Å². The van der Waals surface area contributed by atoms with Crippen LogP contribution in [0.4, 0.5) is 4.39 Å². The Hall–Kier alpha value is -2.24. The number of hydrogen-bond acceptors (Lipinski definition) is 4. The molecule has 2 rings (SSSR count). The minimum absolute atomic E-state index is 0.0103. The molecule has 5 nitrogen and oxygen atoms in total. The highest BCUT2D eigenvalue weighted by Crippen LogP contribution is 2.05. The van der Waals surface area contributed by atoms with Crippen molar-refractivity contribution in [2.75, 3.05) is 7.11 Å². The van der Waals surface area contributed by atoms with Crippen molar-refractivity contribution in [2.45, 2.75) is 20.4 Å². The molecule has 0 saturated carbocycles. The molecular formula is C13H16FN3O2. The number of ether oxygens (including phenoxy) is 1. The molecule has 1 heterocycles. The summed E-state index contributed by atoms with van der Waals surface area (Å²) in [5.74, 6) is -0.914. The Labute approximate surface area is 111 Å². The minimum Gasteiger partial charge on any atom is -0.463 e. The third kappa shape index (κ3) is 4.17. The average molecular weight is 265 g/mol. The topological polar surface area (TPSA) is 57.0 Å². The van der Waals surface area contributed by atoms with Gasteiger partial charge in [0.25, 0.3) is 5.82 Å². The van der Waals surface area contributed by atoms with E-state index < -0.39 is 5.97 Å². The second-order valence-electron chi connectivity index (χ2n) is 3.39. The number of aromatic nitrogens is 3. The predicted octanol–water partition coefficient (Wildman–Crippen LogP) is 2.28. The molecule has 102 valence electrons. The SMILES string of the molecule is CC.COC(=O)c1ncn(Cc2cccc(F)c2)n1. The van der Waals surface area contributed by atoms with Crippen LogP contribution >= 0.6 is 0 Å². The lowest BCUT2D eigenvalue weighted by Gasteiger charge is -2.00. The Morgan fingerprint density at radius 1 is 1.42 bits per heavy atom. The maximum absolute atomic E-state index is 12.9. The first-order valence-electron chi connectivity index (χ1n) is 5.91. The Kier molecular flexibility index (Phi) is 5.66. The van der Waals surface area contributed by atoms with Gasteiger partial charge in [-0.3, -0.25) is 0 Å². The molecule has 0 aliphatic carbocycles. The van der Waals surface area contributed by atoms with Gasteiger partial charge in [-0.15, -0.1) is 5.10 Å². The number of hydrogen-bond donors (Lipinski definition) is 0. The largest absolute Gasteiger partial charge is 0.463 e. The minimum atomic E-state index is -0.594. The zero-order valence-electron chi connectivity index (χ0n) is 11.1. The van der Waals surface area contributed by atoms with Crippen LogP contribution < -0.4 is 0 Å². The quantitative estimate of drug-likeness (QED) is 0.799. The van der Waals surface area contributed by atoms with Crippen molar-refractivity contribution in [1.82, 2.24) is 14.8 Å². The fourth-order valence-electron chi connectivity index (χ4n) is 1.38. The predicted molar refractivity (Wildman–Crippen MR) is 68.2 cm³/mol. The smallest absolute Gasteiger partial charge is 0.377 e. The summed E-state index contributed by atoms with van der Waals surface area (Å²) in [5, 5.41) is 3.91. The summed E-state index contributed by atoms with van der Waals surface area (Å²) < 4.78 is 18.9. The Morgan fingerprint density at radius 2 is 2.16 bits per heavy atom. The van der Waals surface area contributed by atoms with Gasteiger partial charge in [0.1, 0.15) is 12.1 Å². The van der Waals surface area contributed by atoms with Crippen molar-refractivity contribution in [3.8, 4) is 0 Å². The van der Waals surface area contributed by atoms with E-state index in [-0.39, 0.29) is 11.6 Å². The van der Waals surface area contributed by atoms with Crippen molar-refractivity contribution in [2.24, 2.45) is 0 Å². The first-order chi connectivity index (χ1) is 9.19. The maximum Gasteiger partial charge on any atom is 0.377 e. The molecule has 0 N–H and O–H groups in total. The highest BCUT2D eigenvalue weighted by Gasteiger charge is 2.11. The van der Waals surface area contributed by atoms with E-state index in [1.165, 1.54) is 30.3 Å². The van der Waals surface area contributed by atoms with E-state index >= 15 is 0 Å². The molecule has 0 spiro atoms. The van der Waals surface area contributed by atoms with Gasteiger partial charge < -0.3 is 4.74 Å². The van der Waals surface area contributed by atoms with Crippen LogP contribution in [0, 0.1) is 5.82 Å². The molecule has 2 aromatic rings. The van der Waals surface area contributed by atoms with Gasteiger partial charge in [0.2, 0.25) is 0 Å². The molecule has 0 bridgehead atoms. The highest BCUT2D eigenvalue weighted by atomic mass is 19.1. The molecule has 0 aliphatic rings. The fourth-order valence-corrected chi connectivity index (χ4v) is 1.38. The summed E-state index contributed by atoms with van der Waals surface area (Å²) in [6.07, 6.45) is 1.40. The molecule has 19 heavy (non-hydrogen) atoms. The number of halogens is 1. The van der Waals surface area contributed by atoms with Gasteiger partial charge >= 0.3 is 5.97 Å². The molecule has 0 aliphatic heterocycles. The Bertz CT molecular complexity index is 540. The summed E-state index contributed by atoms with van der Waals surface area (Å²) in [7, 11) is 1.26. The van der Waals surface area contributed by atoms with Crippen LogP contribution in [0.2, 0.25) is 0 Å². The molecule has 0 fully saturated rings. The van der Waals surface area contributed by atoms with Gasteiger partial charge in [0.15, 0.2) is 0 Å². The summed E-state index contributed by atoms with van der Waals surface area (Å²) in [6.45, 7) is 4.35. The normalized spacial score (nSPS) is 9.47. The number of esters is 1. The van der Waals surface area contributed by atoms with Crippen LogP contribution in [0.15, 0.2) is 30.6 Å². The molecule has 0 atom stereocenters. The number of nitrogens with zero attached hydrogens (tertiary/aromatic N) is 3. The van der Waals surface area contributed by atoms with E-state index in [1.54, 1.807) is 12.1 Å². The van der Waals surface area contributed by atoms with E-state index in [4.69, 9.17) is 0 Å². The van der Waals surface area contributed by atoms with Gasteiger partial charge in [0.05, 0.1) is 13.7 Å². The zero-order valence-corrected chi connectivity index (χ0v) is 11.1. The monoisotopic (exact) mass is 265 g/mol. The van der Waals surface area contributed by atoms with Crippen molar-refractivity contribution in [3.63, 3.8) is 0 Å². The van der Waals surface area contributed by atoms with Gasteiger partial charge in [-0.05, 0) is 17.7 Å². The number of methoxy groups -OCH3 is 1. The van der Waals surface area contributed by atoms with Crippen molar-refractivity contribution >= 4 is 5.97 Å². The lowest BCUT2D eigenvalue weighted by molar-refractivity contribution is 0.0586. The van der Waals surface area contributed by atoms with Crippen LogP contribution in [-0.2, 0) is 11.3 Å². The van der Waals surface area contributed by atoms with Crippen LogP contribution in [0.25, 0.3) is 0 Å².